The Labute approximate surface area is 122 Å². The first-order valence-corrected chi connectivity index (χ1v) is 7.41. The van der Waals surface area contributed by atoms with Crippen molar-refractivity contribution in [1.82, 2.24) is 0 Å². The van der Waals surface area contributed by atoms with E-state index in [1.54, 1.807) is 0 Å². The zero-order valence-corrected chi connectivity index (χ0v) is 13.8. The van der Waals surface area contributed by atoms with Crippen LogP contribution in [0.25, 0.3) is 0 Å². The van der Waals surface area contributed by atoms with Gasteiger partial charge in [-0.1, -0.05) is 20.8 Å². The Kier molecular flexibility index (Phi) is 6.14. The summed E-state index contributed by atoms with van der Waals surface area (Å²) in [5, 5.41) is 0. The van der Waals surface area contributed by atoms with E-state index < -0.39 is 10.2 Å². The molecule has 1 rings (SSSR count). The predicted octanol–water partition coefficient (Wildman–Crippen LogP) is -0.292. The maximum Gasteiger partial charge on any atom is 0.334 e. The second-order valence-electron chi connectivity index (χ2n) is 6.70. The summed E-state index contributed by atoms with van der Waals surface area (Å²) in [6, 6.07) is 4.32. The third-order valence-electron chi connectivity index (χ3n) is 2.52. The van der Waals surface area contributed by atoms with Crippen molar-refractivity contribution in [2.45, 2.75) is 59.3 Å². The molecule has 5 nitrogen and oxygen atoms in total. The summed E-state index contributed by atoms with van der Waals surface area (Å²) in [6.45, 7) is 15.2. The lowest BCUT2D eigenvalue weighted by Crippen LogP contribution is -2.68. The molecule has 0 spiro atoms. The highest BCUT2D eigenvalue weighted by Crippen LogP contribution is 2.29. The molecule has 6 heteroatoms. The second-order valence-corrected chi connectivity index (χ2v) is 7.45. The van der Waals surface area contributed by atoms with Gasteiger partial charge < -0.3 is 0 Å². The number of hydrogen-bond acceptors (Lipinski definition) is 4. The molecule has 0 saturated heterocycles. The molecule has 0 aliphatic carbocycles. The SMILES string of the molecule is Cc1cc(C(C)(C)C)cc(C(C)(C)C)[o+]1.[O-][Cl+3]([O-])([O-])[O-]. The van der Waals surface area contributed by atoms with E-state index in [2.05, 4.69) is 53.7 Å². The minimum atomic E-state index is -4.94. The van der Waals surface area contributed by atoms with Crippen LogP contribution >= 0.6 is 0 Å². The first-order chi connectivity index (χ1) is 8.60. The molecule has 0 atom stereocenters. The van der Waals surface area contributed by atoms with Gasteiger partial charge in [0.05, 0.1) is 12.3 Å². The summed E-state index contributed by atoms with van der Waals surface area (Å²) in [6.07, 6.45) is 0. The minimum Gasteiger partial charge on any atom is -0.222 e. The van der Waals surface area contributed by atoms with Crippen LogP contribution in [0.15, 0.2) is 16.5 Å². The zero-order chi connectivity index (χ0) is 16.4. The molecule has 0 saturated carbocycles. The fourth-order valence-electron chi connectivity index (χ4n) is 1.44. The molecule has 0 aromatic carbocycles. The highest BCUT2D eigenvalue weighted by molar-refractivity contribution is 5.27. The van der Waals surface area contributed by atoms with Crippen molar-refractivity contribution in [2.75, 3.05) is 0 Å². The smallest absolute Gasteiger partial charge is 0.222 e. The van der Waals surface area contributed by atoms with E-state index in [-0.39, 0.29) is 10.8 Å². The fourth-order valence-corrected chi connectivity index (χ4v) is 1.44. The van der Waals surface area contributed by atoms with E-state index >= 15 is 0 Å². The second kappa shape index (κ2) is 6.37. The topological polar surface area (TPSA) is 104 Å². The van der Waals surface area contributed by atoms with Crippen LogP contribution in [0.5, 0.6) is 0 Å². The molecule has 0 N–H and O–H groups in total. The van der Waals surface area contributed by atoms with Gasteiger partial charge >= 0.3 is 11.5 Å². The number of hydrogen-bond donors (Lipinski definition) is 0. The first kappa shape index (κ1) is 19.3. The normalized spacial score (nSPS) is 12.8. The monoisotopic (exact) mass is 306 g/mol. The Balaban J connectivity index is 0.000000621. The molecule has 116 valence electrons. The Morgan fingerprint density at radius 1 is 0.850 bits per heavy atom. The molecule has 0 aliphatic rings. The average molecular weight is 307 g/mol. The molecule has 0 amide bonds. The van der Waals surface area contributed by atoms with Crippen LogP contribution in [0.1, 0.15) is 58.6 Å². The number of rotatable bonds is 0. The van der Waals surface area contributed by atoms with Crippen LogP contribution in [-0.2, 0) is 10.8 Å². The standard InChI is InChI=1S/C14H23O.ClHO4/c1-10-8-11(13(2,3)4)9-12(15-10)14(5,6)7;2-1(3,4)5/h8-9H,1-7H3;(H,2,3,4,5)/q+1;/p-1. The molecule has 0 bridgehead atoms. The van der Waals surface area contributed by atoms with Gasteiger partial charge in [0.1, 0.15) is 0 Å². The highest BCUT2D eigenvalue weighted by Gasteiger charge is 2.29. The van der Waals surface area contributed by atoms with Crippen molar-refractivity contribution in [3.63, 3.8) is 0 Å². The molecule has 0 fully saturated rings. The van der Waals surface area contributed by atoms with Crippen LogP contribution in [0.2, 0.25) is 0 Å². The summed E-state index contributed by atoms with van der Waals surface area (Å²) in [7, 11) is -4.94. The molecule has 1 aromatic heterocycles. The summed E-state index contributed by atoms with van der Waals surface area (Å²) in [4.78, 5) is 0. The summed E-state index contributed by atoms with van der Waals surface area (Å²) in [5.74, 6) is 2.06. The average Bonchev–Trinajstić information content (AvgIpc) is 2.10. The highest BCUT2D eigenvalue weighted by atomic mass is 35.7. The van der Waals surface area contributed by atoms with Crippen LogP contribution < -0.4 is 18.6 Å². The minimum absolute atomic E-state index is 0.0754. The molecular formula is C14H23ClO5. The van der Waals surface area contributed by atoms with Crippen LogP contribution in [0, 0.1) is 17.2 Å². The fraction of sp³-hybridized carbons (Fsp3) is 0.643. The molecule has 0 radical (unpaired) electrons. The number of halogens is 1. The van der Waals surface area contributed by atoms with Crippen molar-refractivity contribution in [3.8, 4) is 0 Å². The van der Waals surface area contributed by atoms with Gasteiger partial charge in [0.25, 0.3) is 0 Å². The maximum atomic E-state index is 8.49. The molecule has 0 unspecified atom stereocenters. The third-order valence-corrected chi connectivity index (χ3v) is 2.52. The quantitative estimate of drug-likeness (QED) is 0.613. The molecule has 1 aromatic rings. The zero-order valence-electron chi connectivity index (χ0n) is 13.1. The Morgan fingerprint density at radius 3 is 1.55 bits per heavy atom. The van der Waals surface area contributed by atoms with Gasteiger partial charge in [0, 0.05) is 12.1 Å². The van der Waals surface area contributed by atoms with Crippen molar-refractivity contribution in [1.29, 1.82) is 0 Å². The summed E-state index contributed by atoms with van der Waals surface area (Å²) in [5.41, 5.74) is 1.60. The third kappa shape index (κ3) is 8.45. The van der Waals surface area contributed by atoms with E-state index in [0.717, 1.165) is 11.5 Å². The molecule has 0 aliphatic heterocycles. The molecular weight excluding hydrogens is 284 g/mol. The largest absolute Gasteiger partial charge is 0.334 e. The van der Waals surface area contributed by atoms with Crippen LogP contribution in [0.3, 0.4) is 0 Å². The molecule has 20 heavy (non-hydrogen) atoms. The van der Waals surface area contributed by atoms with Crippen molar-refractivity contribution in [3.05, 3.63) is 29.2 Å². The van der Waals surface area contributed by atoms with E-state index in [1.165, 1.54) is 5.56 Å². The van der Waals surface area contributed by atoms with Crippen molar-refractivity contribution >= 4 is 0 Å². The van der Waals surface area contributed by atoms with E-state index in [4.69, 9.17) is 23.1 Å². The molecule has 1 heterocycles. The summed E-state index contributed by atoms with van der Waals surface area (Å²) < 4.78 is 39.7. The number of aryl methyl sites for hydroxylation is 1. The van der Waals surface area contributed by atoms with E-state index in [0.29, 0.717) is 0 Å². The predicted molar refractivity (Wildman–Crippen MR) is 65.3 cm³/mol. The van der Waals surface area contributed by atoms with Gasteiger partial charge in [-0.2, -0.15) is 0 Å². The van der Waals surface area contributed by atoms with Crippen LogP contribution in [0.4, 0.5) is 0 Å². The first-order valence-electron chi connectivity index (χ1n) is 6.18. The van der Waals surface area contributed by atoms with Crippen LogP contribution in [-0.4, -0.2) is 0 Å². The lowest BCUT2D eigenvalue weighted by molar-refractivity contribution is -2.00. The van der Waals surface area contributed by atoms with Gasteiger partial charge in [-0.05, 0) is 31.7 Å². The van der Waals surface area contributed by atoms with E-state index in [1.807, 2.05) is 6.92 Å². The lowest BCUT2D eigenvalue weighted by Gasteiger charge is -2.19. The van der Waals surface area contributed by atoms with E-state index in [9.17, 15) is 0 Å². The van der Waals surface area contributed by atoms with Gasteiger partial charge in [0.15, 0.2) is 0 Å². The van der Waals surface area contributed by atoms with Gasteiger partial charge in [-0.15, -0.1) is 10.2 Å². The lowest BCUT2D eigenvalue weighted by atomic mass is 9.84. The Bertz CT molecular complexity index is 400. The van der Waals surface area contributed by atoms with Gasteiger partial charge in [-0.25, -0.2) is 23.1 Å². The van der Waals surface area contributed by atoms with Gasteiger partial charge in [-0.3, -0.25) is 0 Å². The van der Waals surface area contributed by atoms with Crippen molar-refractivity contribution < 1.29 is 33.3 Å². The Morgan fingerprint density at radius 2 is 1.25 bits per heavy atom. The maximum absolute atomic E-state index is 8.49. The summed E-state index contributed by atoms with van der Waals surface area (Å²) >= 11 is 0. The Hall–Kier alpha value is -0.720. The van der Waals surface area contributed by atoms with Crippen molar-refractivity contribution in [2.24, 2.45) is 0 Å². The van der Waals surface area contributed by atoms with Gasteiger partial charge in [0.2, 0.25) is 0 Å².